The Kier molecular flexibility index (Phi) is 5.60. The lowest BCUT2D eigenvalue weighted by molar-refractivity contribution is -0.164. The Morgan fingerprint density at radius 2 is 1.83 bits per heavy atom. The molecule has 0 unspecified atom stereocenters. The first-order valence-corrected chi connectivity index (χ1v) is 10.3. The molecule has 0 bridgehead atoms. The Labute approximate surface area is 178 Å². The van der Waals surface area contributed by atoms with Crippen molar-refractivity contribution in [1.29, 1.82) is 5.26 Å². The van der Waals surface area contributed by atoms with Crippen LogP contribution in [-0.4, -0.2) is 28.0 Å². The maximum absolute atomic E-state index is 12.8. The molecule has 6 heteroatoms. The van der Waals surface area contributed by atoms with Crippen LogP contribution in [0.4, 0.5) is 0 Å². The first-order valence-electron chi connectivity index (χ1n) is 10.3. The van der Waals surface area contributed by atoms with Crippen molar-refractivity contribution in [2.75, 3.05) is 0 Å². The van der Waals surface area contributed by atoms with E-state index in [9.17, 15) is 4.79 Å². The van der Waals surface area contributed by atoms with Crippen LogP contribution in [0.25, 0.3) is 0 Å². The molecular formula is C24H30N4O2. The molecule has 0 spiro atoms. The van der Waals surface area contributed by atoms with E-state index in [2.05, 4.69) is 49.0 Å². The number of ether oxygens (including phenoxy) is 1. The smallest absolute Gasteiger partial charge is 0.271 e. The Morgan fingerprint density at radius 3 is 2.33 bits per heavy atom. The van der Waals surface area contributed by atoms with E-state index in [4.69, 9.17) is 10.00 Å². The highest BCUT2D eigenvalue weighted by Gasteiger charge is 2.64. The quantitative estimate of drug-likeness (QED) is 0.795. The summed E-state index contributed by atoms with van der Waals surface area (Å²) in [5.41, 5.74) is 2.14. The molecule has 2 aromatic rings. The third kappa shape index (κ3) is 3.77. The molecular weight excluding hydrogens is 376 g/mol. The number of aryl methyl sites for hydroxylation is 1. The van der Waals surface area contributed by atoms with E-state index in [1.54, 1.807) is 12.3 Å². The predicted octanol–water partition coefficient (Wildman–Crippen LogP) is 4.39. The summed E-state index contributed by atoms with van der Waals surface area (Å²) in [5.74, 6) is 0.775. The van der Waals surface area contributed by atoms with Crippen LogP contribution < -0.4 is 10.1 Å². The zero-order valence-electron chi connectivity index (χ0n) is 18.8. The molecule has 1 aliphatic carbocycles. The molecule has 1 amide bonds. The first kappa shape index (κ1) is 21.8. The molecule has 3 rings (SSSR count). The van der Waals surface area contributed by atoms with Crippen LogP contribution >= 0.6 is 0 Å². The van der Waals surface area contributed by atoms with E-state index in [1.807, 2.05) is 32.9 Å². The van der Waals surface area contributed by atoms with Gasteiger partial charge in [-0.3, -0.25) is 9.78 Å². The lowest BCUT2D eigenvalue weighted by atomic mass is 9.49. The molecule has 1 saturated carbocycles. The lowest BCUT2D eigenvalue weighted by Crippen LogP contribution is -2.74. The summed E-state index contributed by atoms with van der Waals surface area (Å²) in [5, 5.41) is 12.3. The highest BCUT2D eigenvalue weighted by Crippen LogP contribution is 2.55. The van der Waals surface area contributed by atoms with Crippen molar-refractivity contribution in [2.45, 2.75) is 66.5 Å². The van der Waals surface area contributed by atoms with E-state index in [-0.39, 0.29) is 34.8 Å². The zero-order chi connectivity index (χ0) is 22.3. The average Bonchev–Trinajstić information content (AvgIpc) is 2.69. The maximum atomic E-state index is 12.8. The summed E-state index contributed by atoms with van der Waals surface area (Å²) in [4.78, 5) is 21.4. The van der Waals surface area contributed by atoms with Gasteiger partial charge in [-0.05, 0) is 36.6 Å². The number of carbonyl (C=O) groups is 1. The van der Waals surface area contributed by atoms with Crippen molar-refractivity contribution >= 4 is 5.91 Å². The third-order valence-corrected chi connectivity index (χ3v) is 6.18. The van der Waals surface area contributed by atoms with Crippen molar-refractivity contribution in [2.24, 2.45) is 10.8 Å². The van der Waals surface area contributed by atoms with Gasteiger partial charge in [0.2, 0.25) is 0 Å². The zero-order valence-corrected chi connectivity index (χ0v) is 18.8. The number of nitriles is 1. The van der Waals surface area contributed by atoms with Gasteiger partial charge in [-0.25, -0.2) is 4.98 Å². The first-order chi connectivity index (χ1) is 14.0. The number of hydrogen-bond acceptors (Lipinski definition) is 5. The van der Waals surface area contributed by atoms with Crippen molar-refractivity contribution in [3.63, 3.8) is 0 Å². The van der Waals surface area contributed by atoms with Crippen LogP contribution in [0.5, 0.6) is 5.75 Å². The molecule has 1 N–H and O–H groups in total. The molecule has 30 heavy (non-hydrogen) atoms. The van der Waals surface area contributed by atoms with Crippen LogP contribution in [-0.2, 0) is 0 Å². The molecule has 1 fully saturated rings. The fourth-order valence-electron chi connectivity index (χ4n) is 4.73. The Morgan fingerprint density at radius 1 is 1.17 bits per heavy atom. The number of benzene rings is 1. The number of nitrogens with zero attached hydrogens (tertiary/aromatic N) is 3. The van der Waals surface area contributed by atoms with Gasteiger partial charge in [0.05, 0.1) is 23.5 Å². The SMILES string of the molecule is Cc1cc(OC2C(C)(C)C(NC(=O)c3cnc(C(C)C)cn3)C2(C)C)ccc1C#N. The van der Waals surface area contributed by atoms with Gasteiger partial charge in [0.15, 0.2) is 0 Å². The van der Waals surface area contributed by atoms with Gasteiger partial charge < -0.3 is 10.1 Å². The largest absolute Gasteiger partial charge is 0.489 e. The summed E-state index contributed by atoms with van der Waals surface area (Å²) in [6.45, 7) is 14.4. The highest BCUT2D eigenvalue weighted by molar-refractivity contribution is 5.92. The summed E-state index contributed by atoms with van der Waals surface area (Å²) in [6, 6.07) is 7.59. The van der Waals surface area contributed by atoms with Gasteiger partial charge >= 0.3 is 0 Å². The van der Waals surface area contributed by atoms with Gasteiger partial charge in [-0.2, -0.15) is 5.26 Å². The molecule has 6 nitrogen and oxygen atoms in total. The van der Waals surface area contributed by atoms with Gasteiger partial charge in [0.1, 0.15) is 17.5 Å². The van der Waals surface area contributed by atoms with Crippen LogP contribution in [0, 0.1) is 29.1 Å². The van der Waals surface area contributed by atoms with E-state index in [0.717, 1.165) is 17.0 Å². The fraction of sp³-hybridized carbons (Fsp3) is 0.500. The third-order valence-electron chi connectivity index (χ3n) is 6.18. The molecule has 1 heterocycles. The number of carbonyl (C=O) groups excluding carboxylic acids is 1. The molecule has 1 aliphatic rings. The lowest BCUT2D eigenvalue weighted by Gasteiger charge is -2.63. The Hall–Kier alpha value is -2.94. The van der Waals surface area contributed by atoms with E-state index in [0.29, 0.717) is 11.3 Å². The van der Waals surface area contributed by atoms with Gasteiger partial charge in [-0.1, -0.05) is 41.5 Å². The van der Waals surface area contributed by atoms with Crippen molar-refractivity contribution in [1.82, 2.24) is 15.3 Å². The molecule has 0 saturated heterocycles. The van der Waals surface area contributed by atoms with E-state index < -0.39 is 0 Å². The summed E-state index contributed by atoms with van der Waals surface area (Å²) in [7, 11) is 0. The Balaban J connectivity index is 1.74. The minimum Gasteiger partial charge on any atom is -0.489 e. The molecule has 0 radical (unpaired) electrons. The normalized spacial score (nSPS) is 21.4. The second kappa shape index (κ2) is 7.71. The number of amides is 1. The summed E-state index contributed by atoms with van der Waals surface area (Å²) < 4.78 is 6.33. The van der Waals surface area contributed by atoms with Crippen LogP contribution in [0.1, 0.15) is 74.8 Å². The molecule has 1 aromatic heterocycles. The van der Waals surface area contributed by atoms with Gasteiger partial charge in [-0.15, -0.1) is 0 Å². The second-order valence-electron chi connectivity index (χ2n) is 9.62. The fourth-order valence-corrected chi connectivity index (χ4v) is 4.73. The van der Waals surface area contributed by atoms with Crippen molar-refractivity contribution < 1.29 is 9.53 Å². The van der Waals surface area contributed by atoms with Crippen LogP contribution in [0.2, 0.25) is 0 Å². The van der Waals surface area contributed by atoms with Crippen LogP contribution in [0.15, 0.2) is 30.6 Å². The molecule has 0 aliphatic heterocycles. The number of aromatic nitrogens is 2. The summed E-state index contributed by atoms with van der Waals surface area (Å²) in [6.07, 6.45) is 3.10. The Bertz CT molecular complexity index is 971. The van der Waals surface area contributed by atoms with Crippen LogP contribution in [0.3, 0.4) is 0 Å². The van der Waals surface area contributed by atoms with E-state index in [1.165, 1.54) is 6.20 Å². The van der Waals surface area contributed by atoms with Crippen molar-refractivity contribution in [3.8, 4) is 11.8 Å². The number of rotatable bonds is 5. The van der Waals surface area contributed by atoms with Crippen molar-refractivity contribution in [3.05, 3.63) is 53.1 Å². The summed E-state index contributed by atoms with van der Waals surface area (Å²) >= 11 is 0. The number of hydrogen-bond donors (Lipinski definition) is 1. The topological polar surface area (TPSA) is 87.9 Å². The van der Waals surface area contributed by atoms with E-state index >= 15 is 0 Å². The minimum absolute atomic E-state index is 0.0893. The molecule has 1 aromatic carbocycles. The minimum atomic E-state index is -0.285. The molecule has 158 valence electrons. The second-order valence-corrected chi connectivity index (χ2v) is 9.62. The molecule has 0 atom stereocenters. The standard InChI is InChI=1S/C24H30N4O2/c1-14(2)18-12-27-19(13-26-18)20(29)28-21-23(4,5)22(24(21,6)7)30-17-9-8-16(11-25)15(3)10-17/h8-10,12-14,21-22H,1-7H3,(H,28,29). The highest BCUT2D eigenvalue weighted by atomic mass is 16.5. The monoisotopic (exact) mass is 406 g/mol. The van der Waals surface area contributed by atoms with Gasteiger partial charge in [0.25, 0.3) is 5.91 Å². The maximum Gasteiger partial charge on any atom is 0.271 e. The van der Waals surface area contributed by atoms with Gasteiger partial charge in [0, 0.05) is 23.1 Å². The predicted molar refractivity (Wildman–Crippen MR) is 115 cm³/mol. The average molecular weight is 407 g/mol. The number of nitrogens with one attached hydrogen (secondary N) is 1.